The molecule has 1 aliphatic rings. The van der Waals surface area contributed by atoms with Gasteiger partial charge in [0, 0.05) is 48.8 Å². The highest BCUT2D eigenvalue weighted by molar-refractivity contribution is 7.89. The van der Waals surface area contributed by atoms with E-state index in [4.69, 9.17) is 4.98 Å². The summed E-state index contributed by atoms with van der Waals surface area (Å²) in [5.74, 6) is 0.0936. The zero-order valence-corrected chi connectivity index (χ0v) is 20.9. The lowest BCUT2D eigenvalue weighted by Crippen LogP contribution is -2.50. The lowest BCUT2D eigenvalue weighted by molar-refractivity contribution is 0.0699. The smallest absolute Gasteiger partial charge is 0.254 e. The van der Waals surface area contributed by atoms with E-state index in [9.17, 15) is 13.2 Å². The molecule has 0 radical (unpaired) electrons. The van der Waals surface area contributed by atoms with Crippen LogP contribution in [-0.4, -0.2) is 59.7 Å². The topological polar surface area (TPSA) is 83.5 Å². The number of piperazine rings is 1. The number of hydrogen-bond donors (Lipinski definition) is 0. The number of sulfonamides is 1. The zero-order valence-electron chi connectivity index (χ0n) is 20.1. The Morgan fingerprint density at radius 2 is 1.71 bits per heavy atom. The number of fused-ring (bicyclic) bond motifs is 2. The van der Waals surface area contributed by atoms with Crippen LogP contribution in [0.5, 0.6) is 0 Å². The summed E-state index contributed by atoms with van der Waals surface area (Å²) >= 11 is 0. The van der Waals surface area contributed by atoms with Crippen molar-refractivity contribution in [2.75, 3.05) is 26.2 Å². The Kier molecular flexibility index (Phi) is 6.02. The van der Waals surface area contributed by atoms with Crippen LogP contribution < -0.4 is 0 Å². The second-order valence-corrected chi connectivity index (χ2v) is 11.2. The number of para-hydroxylation sites is 2. The third kappa shape index (κ3) is 4.28. The molecule has 2 aromatic carbocycles. The Balaban J connectivity index is 1.40. The van der Waals surface area contributed by atoms with Gasteiger partial charge in [0.1, 0.15) is 4.90 Å². The van der Waals surface area contributed by atoms with Crippen molar-refractivity contribution in [3.63, 3.8) is 0 Å². The van der Waals surface area contributed by atoms with E-state index in [1.807, 2.05) is 49.4 Å². The molecule has 1 amide bonds. The maximum Gasteiger partial charge on any atom is 0.254 e. The van der Waals surface area contributed by atoms with Crippen molar-refractivity contribution in [2.24, 2.45) is 0 Å². The SMILES string of the molecule is Cc1cnc2c(S(=O)(=O)N3CCN(C(=O)c4cc(C(C)C)nc5ccccc45)CC3)cccc2c1. The molecule has 0 aliphatic carbocycles. The van der Waals surface area contributed by atoms with Gasteiger partial charge in [-0.15, -0.1) is 0 Å². The summed E-state index contributed by atoms with van der Waals surface area (Å²) in [5, 5.41) is 1.61. The molecule has 0 unspecified atom stereocenters. The van der Waals surface area contributed by atoms with Crippen molar-refractivity contribution in [1.29, 1.82) is 0 Å². The molecule has 1 saturated heterocycles. The third-order valence-electron chi connectivity index (χ3n) is 6.51. The second-order valence-electron chi connectivity index (χ2n) is 9.30. The molecular weight excluding hydrogens is 460 g/mol. The van der Waals surface area contributed by atoms with Crippen molar-refractivity contribution in [3.05, 3.63) is 77.6 Å². The average molecular weight is 489 g/mol. The van der Waals surface area contributed by atoms with E-state index in [0.717, 1.165) is 27.5 Å². The summed E-state index contributed by atoms with van der Waals surface area (Å²) in [7, 11) is -3.75. The molecule has 5 rings (SSSR count). The highest BCUT2D eigenvalue weighted by Gasteiger charge is 2.32. The fraction of sp³-hybridized carbons (Fsp3) is 0.296. The van der Waals surface area contributed by atoms with Crippen molar-refractivity contribution in [3.8, 4) is 0 Å². The van der Waals surface area contributed by atoms with E-state index < -0.39 is 10.0 Å². The number of nitrogens with zero attached hydrogens (tertiary/aromatic N) is 4. The zero-order chi connectivity index (χ0) is 24.7. The first-order valence-corrected chi connectivity index (χ1v) is 13.2. The van der Waals surface area contributed by atoms with Gasteiger partial charge < -0.3 is 4.90 Å². The fourth-order valence-electron chi connectivity index (χ4n) is 4.56. The van der Waals surface area contributed by atoms with Gasteiger partial charge in [0.25, 0.3) is 5.91 Å². The minimum absolute atomic E-state index is 0.0927. The maximum absolute atomic E-state index is 13.5. The van der Waals surface area contributed by atoms with Crippen molar-refractivity contribution in [1.82, 2.24) is 19.2 Å². The van der Waals surface area contributed by atoms with Crippen molar-refractivity contribution < 1.29 is 13.2 Å². The standard InChI is InChI=1S/C27H28N4O3S/c1-18(2)24-16-22(21-8-4-5-9-23(21)29-24)27(32)30-11-13-31(14-12-30)35(33,34)25-10-6-7-20-15-19(3)17-28-26(20)25/h4-10,15-18H,11-14H2,1-3H3. The van der Waals surface area contributed by atoms with Crippen LogP contribution in [0.2, 0.25) is 0 Å². The van der Waals surface area contributed by atoms with Gasteiger partial charge in [0.2, 0.25) is 10.0 Å². The fourth-order valence-corrected chi connectivity index (χ4v) is 6.15. The molecule has 1 fully saturated rings. The molecular formula is C27H28N4O3S. The molecule has 180 valence electrons. The summed E-state index contributed by atoms with van der Waals surface area (Å²) in [6, 6.07) is 16.7. The molecule has 0 spiro atoms. The number of pyridine rings is 2. The van der Waals surface area contributed by atoms with Crippen molar-refractivity contribution >= 4 is 37.7 Å². The van der Waals surface area contributed by atoms with Crippen LogP contribution in [0.4, 0.5) is 0 Å². The number of carbonyl (C=O) groups excluding carboxylic acids is 1. The predicted molar refractivity (Wildman–Crippen MR) is 137 cm³/mol. The monoisotopic (exact) mass is 488 g/mol. The Hall–Kier alpha value is -3.36. The average Bonchev–Trinajstić information content (AvgIpc) is 2.87. The molecule has 4 aromatic rings. The van der Waals surface area contributed by atoms with Gasteiger partial charge >= 0.3 is 0 Å². The van der Waals surface area contributed by atoms with E-state index in [-0.39, 0.29) is 29.8 Å². The number of carbonyl (C=O) groups is 1. The Morgan fingerprint density at radius 3 is 2.46 bits per heavy atom. The number of amides is 1. The van der Waals surface area contributed by atoms with E-state index in [1.54, 1.807) is 23.2 Å². The summed E-state index contributed by atoms with van der Waals surface area (Å²) in [6.07, 6.45) is 1.68. The normalized spacial score (nSPS) is 15.3. The van der Waals surface area contributed by atoms with Gasteiger partial charge in [-0.25, -0.2) is 8.42 Å². The summed E-state index contributed by atoms with van der Waals surface area (Å²) < 4.78 is 28.5. The van der Waals surface area contributed by atoms with Gasteiger partial charge in [-0.3, -0.25) is 14.8 Å². The van der Waals surface area contributed by atoms with Gasteiger partial charge in [-0.2, -0.15) is 4.31 Å². The second kappa shape index (κ2) is 9.02. The van der Waals surface area contributed by atoms with E-state index >= 15 is 0 Å². The first-order valence-electron chi connectivity index (χ1n) is 11.8. The number of benzene rings is 2. The molecule has 2 aromatic heterocycles. The number of aromatic nitrogens is 2. The molecule has 7 nitrogen and oxygen atoms in total. The third-order valence-corrected chi connectivity index (χ3v) is 8.44. The lowest BCUT2D eigenvalue weighted by Gasteiger charge is -2.34. The van der Waals surface area contributed by atoms with Gasteiger partial charge in [-0.05, 0) is 42.7 Å². The number of hydrogen-bond acceptors (Lipinski definition) is 5. The van der Waals surface area contributed by atoms with Crippen LogP contribution in [0.15, 0.2) is 65.7 Å². The molecule has 1 aliphatic heterocycles. The maximum atomic E-state index is 13.5. The molecule has 0 N–H and O–H groups in total. The minimum Gasteiger partial charge on any atom is -0.336 e. The number of rotatable bonds is 4. The molecule has 3 heterocycles. The largest absolute Gasteiger partial charge is 0.336 e. The van der Waals surface area contributed by atoms with Gasteiger partial charge in [0.05, 0.1) is 16.6 Å². The first-order chi connectivity index (χ1) is 16.8. The highest BCUT2D eigenvalue weighted by atomic mass is 32.2. The summed E-state index contributed by atoms with van der Waals surface area (Å²) in [6.45, 7) is 7.15. The Morgan fingerprint density at radius 1 is 0.971 bits per heavy atom. The summed E-state index contributed by atoms with van der Waals surface area (Å²) in [4.78, 5) is 24.6. The van der Waals surface area contributed by atoms with Gasteiger partial charge in [-0.1, -0.05) is 44.2 Å². The van der Waals surface area contributed by atoms with Crippen LogP contribution in [-0.2, 0) is 10.0 Å². The lowest BCUT2D eigenvalue weighted by atomic mass is 10.0. The molecule has 35 heavy (non-hydrogen) atoms. The molecule has 0 saturated carbocycles. The first kappa shape index (κ1) is 23.4. The van der Waals surface area contributed by atoms with Gasteiger partial charge in [0.15, 0.2) is 0 Å². The van der Waals surface area contributed by atoms with Crippen LogP contribution in [0.1, 0.15) is 41.4 Å². The molecule has 8 heteroatoms. The quantitative estimate of drug-likeness (QED) is 0.426. The highest BCUT2D eigenvalue weighted by Crippen LogP contribution is 2.27. The van der Waals surface area contributed by atoms with E-state index in [2.05, 4.69) is 18.8 Å². The van der Waals surface area contributed by atoms with Crippen molar-refractivity contribution in [2.45, 2.75) is 31.6 Å². The summed E-state index contributed by atoms with van der Waals surface area (Å²) in [5.41, 5.74) is 3.72. The van der Waals surface area contributed by atoms with E-state index in [1.165, 1.54) is 4.31 Å². The van der Waals surface area contributed by atoms with Crippen LogP contribution in [0.3, 0.4) is 0 Å². The predicted octanol–water partition coefficient (Wildman–Crippen LogP) is 4.36. The van der Waals surface area contributed by atoms with E-state index in [0.29, 0.717) is 24.2 Å². The van der Waals surface area contributed by atoms with Crippen LogP contribution in [0, 0.1) is 6.92 Å². The molecule has 0 atom stereocenters. The number of aryl methyl sites for hydroxylation is 1. The molecule has 0 bridgehead atoms. The van der Waals surface area contributed by atoms with Crippen LogP contribution in [0.25, 0.3) is 21.8 Å². The van der Waals surface area contributed by atoms with Crippen LogP contribution >= 0.6 is 0 Å². The minimum atomic E-state index is -3.75. The Labute approximate surface area is 205 Å². The Bertz CT molecular complexity index is 1540.